The SMILES string of the molecule is CC1CNCCN1c1nccn(C(C)C)c1=O. The van der Waals surface area contributed by atoms with Gasteiger partial charge in [-0.15, -0.1) is 0 Å². The maximum Gasteiger partial charge on any atom is 0.293 e. The van der Waals surface area contributed by atoms with Gasteiger partial charge in [-0.1, -0.05) is 0 Å². The predicted molar refractivity (Wildman–Crippen MR) is 68.6 cm³/mol. The first kappa shape index (κ1) is 12.1. The standard InChI is InChI=1S/C12H20N4O/c1-9(2)15-7-5-14-11(12(15)17)16-6-4-13-8-10(16)3/h5,7,9-10,13H,4,6,8H2,1-3H3. The number of nitrogens with zero attached hydrogens (tertiary/aromatic N) is 3. The maximum atomic E-state index is 12.3. The molecule has 5 heteroatoms. The fraction of sp³-hybridized carbons (Fsp3) is 0.667. The summed E-state index contributed by atoms with van der Waals surface area (Å²) in [6.45, 7) is 8.77. The second kappa shape index (κ2) is 4.87. The lowest BCUT2D eigenvalue weighted by atomic mass is 10.2. The average molecular weight is 236 g/mol. The molecule has 1 aliphatic heterocycles. The Balaban J connectivity index is 2.38. The first-order valence-electron chi connectivity index (χ1n) is 6.15. The lowest BCUT2D eigenvalue weighted by Gasteiger charge is -2.34. The van der Waals surface area contributed by atoms with Crippen LogP contribution in [0.2, 0.25) is 0 Å². The minimum Gasteiger partial charge on any atom is -0.347 e. The quantitative estimate of drug-likeness (QED) is 0.818. The van der Waals surface area contributed by atoms with Gasteiger partial charge < -0.3 is 14.8 Å². The van der Waals surface area contributed by atoms with Crippen molar-refractivity contribution in [2.45, 2.75) is 32.9 Å². The van der Waals surface area contributed by atoms with E-state index in [2.05, 4.69) is 22.1 Å². The van der Waals surface area contributed by atoms with E-state index in [1.54, 1.807) is 17.0 Å². The van der Waals surface area contributed by atoms with Crippen molar-refractivity contribution in [2.24, 2.45) is 0 Å². The average Bonchev–Trinajstić information content (AvgIpc) is 2.30. The molecule has 1 atom stereocenters. The van der Waals surface area contributed by atoms with E-state index in [0.717, 1.165) is 19.6 Å². The van der Waals surface area contributed by atoms with E-state index in [0.29, 0.717) is 11.9 Å². The maximum absolute atomic E-state index is 12.3. The fourth-order valence-electron chi connectivity index (χ4n) is 2.17. The number of aromatic nitrogens is 2. The van der Waals surface area contributed by atoms with Gasteiger partial charge in [-0.05, 0) is 20.8 Å². The molecule has 0 saturated carbocycles. The zero-order valence-corrected chi connectivity index (χ0v) is 10.7. The summed E-state index contributed by atoms with van der Waals surface area (Å²) < 4.78 is 1.73. The van der Waals surface area contributed by atoms with Crippen LogP contribution in [0.4, 0.5) is 5.82 Å². The molecule has 2 rings (SSSR count). The molecule has 0 radical (unpaired) electrons. The highest BCUT2D eigenvalue weighted by atomic mass is 16.1. The van der Waals surface area contributed by atoms with Crippen LogP contribution in [0, 0.1) is 0 Å². The van der Waals surface area contributed by atoms with Crippen molar-refractivity contribution in [1.82, 2.24) is 14.9 Å². The summed E-state index contributed by atoms with van der Waals surface area (Å²) >= 11 is 0. The van der Waals surface area contributed by atoms with Gasteiger partial charge in [0, 0.05) is 44.1 Å². The monoisotopic (exact) mass is 236 g/mol. The molecule has 1 aliphatic rings. The van der Waals surface area contributed by atoms with Gasteiger partial charge in [0.05, 0.1) is 0 Å². The van der Waals surface area contributed by atoms with E-state index in [-0.39, 0.29) is 11.6 Å². The van der Waals surface area contributed by atoms with Gasteiger partial charge in [0.1, 0.15) is 0 Å². The van der Waals surface area contributed by atoms with Gasteiger partial charge in [-0.3, -0.25) is 4.79 Å². The molecule has 1 fully saturated rings. The van der Waals surface area contributed by atoms with E-state index in [4.69, 9.17) is 0 Å². The highest BCUT2D eigenvalue weighted by Crippen LogP contribution is 2.11. The van der Waals surface area contributed by atoms with Crippen LogP contribution in [0.1, 0.15) is 26.8 Å². The summed E-state index contributed by atoms with van der Waals surface area (Å²) in [6, 6.07) is 0.481. The molecule has 0 aromatic carbocycles. The minimum atomic E-state index is 0.0104. The highest BCUT2D eigenvalue weighted by Gasteiger charge is 2.22. The van der Waals surface area contributed by atoms with E-state index >= 15 is 0 Å². The van der Waals surface area contributed by atoms with Crippen LogP contribution in [-0.2, 0) is 0 Å². The number of rotatable bonds is 2. The number of hydrogen-bond acceptors (Lipinski definition) is 4. The Morgan fingerprint density at radius 2 is 2.29 bits per heavy atom. The Labute approximate surface area is 101 Å². The molecule has 2 heterocycles. The molecule has 0 spiro atoms. The number of anilines is 1. The lowest BCUT2D eigenvalue weighted by molar-refractivity contribution is 0.489. The van der Waals surface area contributed by atoms with Crippen LogP contribution in [0.15, 0.2) is 17.2 Å². The van der Waals surface area contributed by atoms with Crippen molar-refractivity contribution in [3.05, 3.63) is 22.7 Å². The Morgan fingerprint density at radius 1 is 1.53 bits per heavy atom. The molecule has 1 saturated heterocycles. The molecular weight excluding hydrogens is 216 g/mol. The van der Waals surface area contributed by atoms with E-state index in [1.807, 2.05) is 13.8 Å². The van der Waals surface area contributed by atoms with Crippen LogP contribution in [0.5, 0.6) is 0 Å². The third-order valence-electron chi connectivity index (χ3n) is 3.18. The van der Waals surface area contributed by atoms with Gasteiger partial charge in [0.15, 0.2) is 5.82 Å². The van der Waals surface area contributed by atoms with Crippen molar-refractivity contribution in [1.29, 1.82) is 0 Å². The third-order valence-corrected chi connectivity index (χ3v) is 3.18. The van der Waals surface area contributed by atoms with Crippen molar-refractivity contribution >= 4 is 5.82 Å². The summed E-state index contributed by atoms with van der Waals surface area (Å²) in [5, 5.41) is 3.31. The molecular formula is C12H20N4O. The number of hydrogen-bond donors (Lipinski definition) is 1. The Kier molecular flexibility index (Phi) is 3.47. The molecule has 1 N–H and O–H groups in total. The minimum absolute atomic E-state index is 0.0104. The van der Waals surface area contributed by atoms with Gasteiger partial charge in [0.2, 0.25) is 0 Å². The second-order valence-electron chi connectivity index (χ2n) is 4.80. The molecule has 94 valence electrons. The van der Waals surface area contributed by atoms with Crippen LogP contribution < -0.4 is 15.8 Å². The molecule has 1 aromatic heterocycles. The summed E-state index contributed by atoms with van der Waals surface area (Å²) in [7, 11) is 0. The molecule has 0 amide bonds. The zero-order chi connectivity index (χ0) is 12.4. The molecule has 1 aromatic rings. The molecule has 17 heavy (non-hydrogen) atoms. The lowest BCUT2D eigenvalue weighted by Crippen LogP contribution is -2.52. The summed E-state index contributed by atoms with van der Waals surface area (Å²) in [4.78, 5) is 18.6. The first-order valence-corrected chi connectivity index (χ1v) is 6.15. The fourth-order valence-corrected chi connectivity index (χ4v) is 2.17. The summed E-state index contributed by atoms with van der Waals surface area (Å²) in [5.41, 5.74) is 0.0104. The molecule has 0 aliphatic carbocycles. The van der Waals surface area contributed by atoms with Crippen molar-refractivity contribution < 1.29 is 0 Å². The van der Waals surface area contributed by atoms with E-state index < -0.39 is 0 Å². The highest BCUT2D eigenvalue weighted by molar-refractivity contribution is 5.38. The number of piperazine rings is 1. The second-order valence-corrected chi connectivity index (χ2v) is 4.80. The summed E-state index contributed by atoms with van der Waals surface area (Å²) in [5.74, 6) is 0.579. The predicted octanol–water partition coefficient (Wildman–Crippen LogP) is 0.622. The van der Waals surface area contributed by atoms with Crippen molar-refractivity contribution in [3.8, 4) is 0 Å². The Bertz CT molecular complexity index is 440. The topological polar surface area (TPSA) is 50.2 Å². The third kappa shape index (κ3) is 2.34. The van der Waals surface area contributed by atoms with Gasteiger partial charge >= 0.3 is 0 Å². The van der Waals surface area contributed by atoms with Gasteiger partial charge in [-0.2, -0.15) is 0 Å². The van der Waals surface area contributed by atoms with E-state index in [9.17, 15) is 4.79 Å². The molecule has 5 nitrogen and oxygen atoms in total. The Hall–Kier alpha value is -1.36. The van der Waals surface area contributed by atoms with Gasteiger partial charge in [-0.25, -0.2) is 4.98 Å². The van der Waals surface area contributed by atoms with Crippen LogP contribution in [0.25, 0.3) is 0 Å². The van der Waals surface area contributed by atoms with Crippen molar-refractivity contribution in [2.75, 3.05) is 24.5 Å². The smallest absolute Gasteiger partial charge is 0.293 e. The molecule has 0 bridgehead atoms. The van der Waals surface area contributed by atoms with E-state index in [1.165, 1.54) is 0 Å². The van der Waals surface area contributed by atoms with Gasteiger partial charge in [0.25, 0.3) is 5.56 Å². The number of nitrogens with one attached hydrogen (secondary N) is 1. The molecule has 1 unspecified atom stereocenters. The summed E-state index contributed by atoms with van der Waals surface area (Å²) in [6.07, 6.45) is 3.47. The van der Waals surface area contributed by atoms with Crippen molar-refractivity contribution in [3.63, 3.8) is 0 Å². The zero-order valence-electron chi connectivity index (χ0n) is 10.7. The first-order chi connectivity index (χ1) is 8.11. The van der Waals surface area contributed by atoms with Crippen LogP contribution in [-0.4, -0.2) is 35.2 Å². The van der Waals surface area contributed by atoms with Crippen LogP contribution >= 0.6 is 0 Å². The van der Waals surface area contributed by atoms with Crippen LogP contribution in [0.3, 0.4) is 0 Å². The largest absolute Gasteiger partial charge is 0.347 e. The normalized spacial score (nSPS) is 20.9. The Morgan fingerprint density at radius 3 is 2.94 bits per heavy atom.